The van der Waals surface area contributed by atoms with Gasteiger partial charge in [-0.25, -0.2) is 9.67 Å². The lowest BCUT2D eigenvalue weighted by Crippen LogP contribution is -2.49. The minimum atomic E-state index is -2.11. The molecule has 38 heavy (non-hydrogen) atoms. The Morgan fingerprint density at radius 2 is 1.97 bits per heavy atom. The highest BCUT2D eigenvalue weighted by Crippen LogP contribution is 2.28. The maximum Gasteiger partial charge on any atom is 0.315 e. The summed E-state index contributed by atoms with van der Waals surface area (Å²) in [6.07, 6.45) is 2.38. The molecule has 0 aliphatic carbocycles. The molecule has 4 rings (SSSR count). The Bertz CT molecular complexity index is 1320. The van der Waals surface area contributed by atoms with Crippen LogP contribution in [0.15, 0.2) is 24.4 Å². The van der Waals surface area contributed by atoms with E-state index in [2.05, 4.69) is 18.1 Å². The third kappa shape index (κ3) is 5.88. The molecule has 1 aliphatic heterocycles. The van der Waals surface area contributed by atoms with Gasteiger partial charge in [0.15, 0.2) is 5.82 Å². The van der Waals surface area contributed by atoms with Gasteiger partial charge >= 0.3 is 12.0 Å². The molecule has 0 aromatic carbocycles. The minimum absolute atomic E-state index is 0.0170. The largest absolute Gasteiger partial charge is 0.476 e. The number of ether oxygens (including phenoxy) is 4. The Morgan fingerprint density at radius 1 is 1.21 bits per heavy atom. The fourth-order valence-electron chi connectivity index (χ4n) is 4.20. The Labute approximate surface area is 224 Å². The van der Waals surface area contributed by atoms with Gasteiger partial charge in [-0.05, 0) is 52.3 Å². The van der Waals surface area contributed by atoms with E-state index in [1.54, 1.807) is 24.7 Å². The molecule has 0 radical (unpaired) electrons. The van der Waals surface area contributed by atoms with Crippen LogP contribution in [0, 0.1) is 12.3 Å². The van der Waals surface area contributed by atoms with E-state index in [1.165, 1.54) is 7.11 Å². The van der Waals surface area contributed by atoms with Crippen molar-refractivity contribution in [2.75, 3.05) is 26.6 Å². The van der Waals surface area contributed by atoms with E-state index in [9.17, 15) is 4.79 Å². The normalized spacial score (nSPS) is 15.1. The molecular weight excluding hydrogens is 502 g/mol. The number of carbonyl (C=O) groups is 1. The van der Waals surface area contributed by atoms with E-state index in [4.69, 9.17) is 34.0 Å². The number of pyridine rings is 2. The summed E-state index contributed by atoms with van der Waals surface area (Å²) < 4.78 is 24.5. The second-order valence-corrected chi connectivity index (χ2v) is 15.7. The molecule has 0 saturated heterocycles. The van der Waals surface area contributed by atoms with Crippen molar-refractivity contribution in [2.24, 2.45) is 5.41 Å². The Kier molecular flexibility index (Phi) is 7.89. The smallest absolute Gasteiger partial charge is 0.315 e. The second kappa shape index (κ2) is 10.8. The van der Waals surface area contributed by atoms with Crippen LogP contribution in [-0.2, 0) is 20.8 Å². The van der Waals surface area contributed by atoms with Gasteiger partial charge in [0.2, 0.25) is 5.88 Å². The van der Waals surface area contributed by atoms with Crippen LogP contribution in [0.25, 0.3) is 22.6 Å². The maximum atomic E-state index is 12.0. The van der Waals surface area contributed by atoms with Crippen LogP contribution in [0.2, 0.25) is 13.1 Å². The second-order valence-electron chi connectivity index (χ2n) is 11.1. The van der Waals surface area contributed by atoms with Crippen molar-refractivity contribution in [1.82, 2.24) is 24.7 Å². The van der Waals surface area contributed by atoms with Gasteiger partial charge in [-0.3, -0.25) is 9.78 Å². The van der Waals surface area contributed by atoms with Crippen LogP contribution in [0.3, 0.4) is 0 Å². The Balaban J connectivity index is 1.69. The zero-order valence-electron chi connectivity index (χ0n) is 23.5. The topological polar surface area (TPSA) is 110 Å². The first-order valence-electron chi connectivity index (χ1n) is 12.8. The fraction of sp³-hybridized carbons (Fsp3) is 0.519. The number of aryl methyl sites for hydroxylation is 1. The van der Waals surface area contributed by atoms with Crippen molar-refractivity contribution >= 4 is 19.4 Å². The number of esters is 1. The van der Waals surface area contributed by atoms with E-state index in [0.717, 1.165) is 27.7 Å². The van der Waals surface area contributed by atoms with Gasteiger partial charge in [0.05, 0.1) is 37.5 Å². The van der Waals surface area contributed by atoms with Crippen LogP contribution in [0.4, 0.5) is 0 Å². The van der Waals surface area contributed by atoms with Gasteiger partial charge in [0.25, 0.3) is 0 Å². The lowest BCUT2D eigenvalue weighted by Gasteiger charge is -2.25. The number of methoxy groups -OCH3 is 1. The molecule has 11 heteroatoms. The third-order valence-electron chi connectivity index (χ3n) is 6.35. The van der Waals surface area contributed by atoms with Gasteiger partial charge in [-0.15, -0.1) is 5.10 Å². The molecule has 2 bridgehead atoms. The van der Waals surface area contributed by atoms with Gasteiger partial charge in [-0.2, -0.15) is 4.98 Å². The number of rotatable bonds is 7. The molecule has 3 aromatic heterocycles. The first-order chi connectivity index (χ1) is 17.9. The molecule has 0 amide bonds. The standard InChI is InChI=1S/C27H37N5O5Si/c1-17(2)37-26-30-23-19-9-10-21(29-24(19)38(7,8)16-35-12-11-32(26)31-23)20-14-28-22(13-18(20)3)36-15-27(4,5)25(33)34-6/h9-10,13-14,17H,11-12,15-16H2,1-8H3. The van der Waals surface area contributed by atoms with Crippen LogP contribution in [0.5, 0.6) is 11.9 Å². The number of nitrogens with zero attached hydrogens (tertiary/aromatic N) is 5. The van der Waals surface area contributed by atoms with Crippen molar-refractivity contribution in [3.8, 4) is 34.5 Å². The summed E-state index contributed by atoms with van der Waals surface area (Å²) >= 11 is 0. The third-order valence-corrected chi connectivity index (χ3v) is 8.94. The molecule has 0 fully saturated rings. The van der Waals surface area contributed by atoms with Gasteiger partial charge in [0, 0.05) is 34.9 Å². The zero-order chi connectivity index (χ0) is 27.7. The van der Waals surface area contributed by atoms with Crippen LogP contribution >= 0.6 is 0 Å². The zero-order valence-corrected chi connectivity index (χ0v) is 24.5. The van der Waals surface area contributed by atoms with E-state index in [1.807, 2.05) is 39.0 Å². The lowest BCUT2D eigenvalue weighted by atomic mass is 9.95. The van der Waals surface area contributed by atoms with Gasteiger partial charge in [-0.1, -0.05) is 13.1 Å². The Hall–Kier alpha value is -3.31. The van der Waals surface area contributed by atoms with Crippen molar-refractivity contribution in [1.29, 1.82) is 0 Å². The van der Waals surface area contributed by atoms with Crippen LogP contribution in [0.1, 0.15) is 33.3 Å². The predicted octanol–water partition coefficient (Wildman–Crippen LogP) is 3.56. The Morgan fingerprint density at radius 3 is 2.66 bits per heavy atom. The number of hydrogen-bond donors (Lipinski definition) is 0. The highest BCUT2D eigenvalue weighted by atomic mass is 28.3. The maximum absolute atomic E-state index is 12.0. The van der Waals surface area contributed by atoms with Crippen molar-refractivity contribution in [2.45, 2.75) is 60.4 Å². The van der Waals surface area contributed by atoms with Gasteiger partial charge in [0.1, 0.15) is 14.7 Å². The summed E-state index contributed by atoms with van der Waals surface area (Å²) in [6.45, 7) is 15.2. The number of aromatic nitrogens is 5. The summed E-state index contributed by atoms with van der Waals surface area (Å²) in [5.41, 5.74) is 2.79. The highest BCUT2D eigenvalue weighted by Gasteiger charge is 2.33. The van der Waals surface area contributed by atoms with Crippen molar-refractivity contribution in [3.63, 3.8) is 0 Å². The van der Waals surface area contributed by atoms with E-state index < -0.39 is 13.5 Å². The molecule has 0 unspecified atom stereocenters. The summed E-state index contributed by atoms with van der Waals surface area (Å²) in [7, 11) is -0.743. The molecular formula is C27H37N5O5Si. The fourth-order valence-corrected chi connectivity index (χ4v) is 6.34. The van der Waals surface area contributed by atoms with E-state index >= 15 is 0 Å². The number of hydrogen-bond acceptors (Lipinski definition) is 9. The average molecular weight is 540 g/mol. The first kappa shape index (κ1) is 27.7. The lowest BCUT2D eigenvalue weighted by molar-refractivity contribution is -0.152. The first-order valence-corrected chi connectivity index (χ1v) is 16.0. The molecule has 0 N–H and O–H groups in total. The van der Waals surface area contributed by atoms with Crippen molar-refractivity contribution in [3.05, 3.63) is 30.0 Å². The summed E-state index contributed by atoms with van der Waals surface area (Å²) in [4.78, 5) is 26.3. The molecule has 3 aromatic rings. The van der Waals surface area contributed by atoms with Gasteiger partial charge < -0.3 is 18.9 Å². The average Bonchev–Trinajstić information content (AvgIpc) is 3.25. The molecule has 1 aliphatic rings. The monoisotopic (exact) mass is 539 g/mol. The van der Waals surface area contributed by atoms with Crippen molar-refractivity contribution < 1.29 is 23.7 Å². The number of fused-ring (bicyclic) bond motifs is 4. The molecule has 0 spiro atoms. The van der Waals surface area contributed by atoms with E-state index in [0.29, 0.717) is 37.1 Å². The quantitative estimate of drug-likeness (QED) is 0.329. The van der Waals surface area contributed by atoms with E-state index in [-0.39, 0.29) is 18.7 Å². The minimum Gasteiger partial charge on any atom is -0.476 e. The molecule has 4 heterocycles. The number of carbonyl (C=O) groups excluding carboxylic acids is 1. The molecule has 0 atom stereocenters. The summed E-state index contributed by atoms with van der Waals surface area (Å²) in [5.74, 6) is 0.724. The molecule has 0 saturated carbocycles. The highest BCUT2D eigenvalue weighted by molar-refractivity contribution is 6.90. The van der Waals surface area contributed by atoms with Crippen LogP contribution in [-0.4, -0.2) is 71.4 Å². The predicted molar refractivity (Wildman–Crippen MR) is 146 cm³/mol. The molecule has 204 valence electrons. The SMILES string of the molecule is COC(=O)C(C)(C)COc1cc(C)c(-c2ccc3c(n2)[Si](C)(C)COCCn2nc-3nc2OC(C)C)cn1. The summed E-state index contributed by atoms with van der Waals surface area (Å²) in [6, 6.07) is 6.36. The summed E-state index contributed by atoms with van der Waals surface area (Å²) in [5, 5.41) is 5.72. The van der Waals surface area contributed by atoms with Crippen LogP contribution < -0.4 is 14.8 Å². The molecule has 10 nitrogen and oxygen atoms in total.